The van der Waals surface area contributed by atoms with Crippen molar-refractivity contribution in [3.63, 3.8) is 0 Å². The van der Waals surface area contributed by atoms with Crippen molar-refractivity contribution in [2.24, 2.45) is 0 Å². The summed E-state index contributed by atoms with van der Waals surface area (Å²) in [6, 6.07) is 0.346. The van der Waals surface area contributed by atoms with Gasteiger partial charge in [0.1, 0.15) is 0 Å². The van der Waals surface area contributed by atoms with Gasteiger partial charge in [-0.25, -0.2) is 8.42 Å². The van der Waals surface area contributed by atoms with E-state index in [1.807, 2.05) is 14.0 Å². The highest BCUT2D eigenvalue weighted by Crippen LogP contribution is 2.25. The lowest BCUT2D eigenvalue weighted by Gasteiger charge is -2.43. The van der Waals surface area contributed by atoms with Gasteiger partial charge in [0.25, 0.3) is 0 Å². The standard InChI is InChI=1S/C11H24N2O2S/c1-9-8-13(10(2)7-12(9)6)16(14,15)11(3,4)5/h9-10H,7-8H2,1-6H3. The van der Waals surface area contributed by atoms with Gasteiger partial charge >= 0.3 is 0 Å². The second kappa shape index (κ2) is 4.27. The Hall–Kier alpha value is -0.130. The molecule has 4 nitrogen and oxygen atoms in total. The van der Waals surface area contributed by atoms with Crippen LogP contribution in [0.25, 0.3) is 0 Å². The predicted octanol–water partition coefficient (Wildman–Crippen LogP) is 1.14. The SMILES string of the molecule is CC1CN(S(=O)(=O)C(C)(C)C)C(C)CN1C. The van der Waals surface area contributed by atoms with Crippen LogP contribution in [0.5, 0.6) is 0 Å². The monoisotopic (exact) mass is 248 g/mol. The van der Waals surface area contributed by atoms with Crippen LogP contribution in [0.4, 0.5) is 0 Å². The van der Waals surface area contributed by atoms with Gasteiger partial charge in [0, 0.05) is 25.2 Å². The van der Waals surface area contributed by atoms with E-state index in [0.717, 1.165) is 6.54 Å². The highest BCUT2D eigenvalue weighted by molar-refractivity contribution is 7.90. The number of hydrogen-bond donors (Lipinski definition) is 0. The predicted molar refractivity (Wildman–Crippen MR) is 66.9 cm³/mol. The van der Waals surface area contributed by atoms with Gasteiger partial charge < -0.3 is 4.90 Å². The zero-order valence-electron chi connectivity index (χ0n) is 11.2. The summed E-state index contributed by atoms with van der Waals surface area (Å²) in [5.41, 5.74) is 0. The number of hydrogen-bond acceptors (Lipinski definition) is 3. The van der Waals surface area contributed by atoms with Crippen molar-refractivity contribution < 1.29 is 8.42 Å². The third kappa shape index (κ3) is 2.41. The van der Waals surface area contributed by atoms with Gasteiger partial charge in [-0.3, -0.25) is 0 Å². The Morgan fingerprint density at radius 3 is 2.00 bits per heavy atom. The van der Waals surface area contributed by atoms with Crippen LogP contribution in [0.1, 0.15) is 34.6 Å². The molecule has 1 fully saturated rings. The van der Waals surface area contributed by atoms with Gasteiger partial charge in [-0.2, -0.15) is 4.31 Å². The van der Waals surface area contributed by atoms with Crippen LogP contribution in [-0.2, 0) is 10.0 Å². The Bertz CT molecular complexity index is 345. The fourth-order valence-corrected chi connectivity index (χ4v) is 3.61. The van der Waals surface area contributed by atoms with Gasteiger partial charge in [-0.15, -0.1) is 0 Å². The Labute approximate surface area is 99.7 Å². The zero-order chi connectivity index (χ0) is 12.7. The van der Waals surface area contributed by atoms with Crippen molar-refractivity contribution in [2.45, 2.75) is 51.4 Å². The van der Waals surface area contributed by atoms with Gasteiger partial charge in [0.15, 0.2) is 0 Å². The number of likely N-dealkylation sites (N-methyl/N-ethyl adjacent to an activating group) is 1. The average molecular weight is 248 g/mol. The Morgan fingerprint density at radius 2 is 1.56 bits per heavy atom. The normalized spacial score (nSPS) is 30.6. The van der Waals surface area contributed by atoms with Crippen molar-refractivity contribution >= 4 is 10.0 Å². The fraction of sp³-hybridized carbons (Fsp3) is 1.00. The molecule has 1 aliphatic rings. The molecule has 0 N–H and O–H groups in total. The van der Waals surface area contributed by atoms with Gasteiger partial charge in [-0.05, 0) is 41.7 Å². The van der Waals surface area contributed by atoms with E-state index in [2.05, 4.69) is 11.8 Å². The van der Waals surface area contributed by atoms with Crippen LogP contribution >= 0.6 is 0 Å². The van der Waals surface area contributed by atoms with Gasteiger partial charge in [0.05, 0.1) is 4.75 Å². The second-order valence-electron chi connectivity index (χ2n) is 5.82. The van der Waals surface area contributed by atoms with Crippen LogP contribution in [0.3, 0.4) is 0 Å². The highest BCUT2D eigenvalue weighted by atomic mass is 32.2. The van der Waals surface area contributed by atoms with Crippen LogP contribution < -0.4 is 0 Å². The topological polar surface area (TPSA) is 40.6 Å². The average Bonchev–Trinajstić information content (AvgIpc) is 2.09. The summed E-state index contributed by atoms with van der Waals surface area (Å²) in [7, 11) is -1.15. The summed E-state index contributed by atoms with van der Waals surface area (Å²) in [4.78, 5) is 2.21. The Morgan fingerprint density at radius 1 is 1.06 bits per heavy atom. The van der Waals surface area contributed by atoms with Crippen molar-refractivity contribution in [1.82, 2.24) is 9.21 Å². The summed E-state index contributed by atoms with van der Waals surface area (Å²) < 4.78 is 25.7. The Balaban J connectivity index is 2.98. The second-order valence-corrected chi connectivity index (χ2v) is 8.47. The molecule has 0 aromatic heterocycles. The molecule has 0 spiro atoms. The largest absolute Gasteiger partial charge is 0.301 e. The Kier molecular flexibility index (Phi) is 3.72. The van der Waals surface area contributed by atoms with Crippen molar-refractivity contribution in [3.05, 3.63) is 0 Å². The third-order valence-corrected chi connectivity index (χ3v) is 6.00. The van der Waals surface area contributed by atoms with E-state index in [1.54, 1.807) is 25.1 Å². The van der Waals surface area contributed by atoms with Crippen LogP contribution in [0.15, 0.2) is 0 Å². The van der Waals surface area contributed by atoms with Gasteiger partial charge in [-0.1, -0.05) is 0 Å². The number of piperazine rings is 1. The number of rotatable bonds is 1. The summed E-state index contributed by atoms with van der Waals surface area (Å²) in [5, 5.41) is 0. The van der Waals surface area contributed by atoms with E-state index >= 15 is 0 Å². The van der Waals surface area contributed by atoms with Crippen molar-refractivity contribution in [2.75, 3.05) is 20.1 Å². The first kappa shape index (κ1) is 13.9. The lowest BCUT2D eigenvalue weighted by atomic mass is 10.2. The lowest BCUT2D eigenvalue weighted by molar-refractivity contribution is 0.116. The number of nitrogens with zero attached hydrogens (tertiary/aromatic N) is 2. The molecule has 1 rings (SSSR count). The molecule has 1 saturated heterocycles. The maximum absolute atomic E-state index is 12.4. The minimum atomic E-state index is -3.20. The van der Waals surface area contributed by atoms with Crippen LogP contribution in [0.2, 0.25) is 0 Å². The van der Waals surface area contributed by atoms with Gasteiger partial charge in [0.2, 0.25) is 10.0 Å². The zero-order valence-corrected chi connectivity index (χ0v) is 12.0. The molecule has 0 amide bonds. The summed E-state index contributed by atoms with van der Waals surface area (Å²) in [6.07, 6.45) is 0. The molecule has 96 valence electrons. The first-order valence-corrected chi connectivity index (χ1v) is 7.23. The molecule has 5 heteroatoms. The molecule has 0 radical (unpaired) electrons. The molecule has 2 unspecified atom stereocenters. The maximum Gasteiger partial charge on any atom is 0.219 e. The smallest absolute Gasteiger partial charge is 0.219 e. The van der Waals surface area contributed by atoms with Crippen LogP contribution in [0, 0.1) is 0 Å². The molecular weight excluding hydrogens is 224 g/mol. The minimum Gasteiger partial charge on any atom is -0.301 e. The fourth-order valence-electron chi connectivity index (χ4n) is 1.95. The molecule has 0 saturated carbocycles. The quantitative estimate of drug-likeness (QED) is 0.699. The first-order valence-electron chi connectivity index (χ1n) is 5.79. The van der Waals surface area contributed by atoms with E-state index in [1.165, 1.54) is 0 Å². The maximum atomic E-state index is 12.4. The minimum absolute atomic E-state index is 0.0606. The molecule has 16 heavy (non-hydrogen) atoms. The molecule has 0 bridgehead atoms. The number of sulfonamides is 1. The van der Waals surface area contributed by atoms with Crippen molar-refractivity contribution in [1.29, 1.82) is 0 Å². The molecule has 0 aliphatic carbocycles. The van der Waals surface area contributed by atoms with E-state index in [-0.39, 0.29) is 12.1 Å². The molecule has 0 aromatic carbocycles. The van der Waals surface area contributed by atoms with E-state index < -0.39 is 14.8 Å². The molecular formula is C11H24N2O2S. The highest BCUT2D eigenvalue weighted by Gasteiger charge is 2.41. The molecule has 2 atom stereocenters. The molecule has 1 aliphatic heterocycles. The van der Waals surface area contributed by atoms with E-state index in [4.69, 9.17) is 0 Å². The third-order valence-electron chi connectivity index (χ3n) is 3.32. The summed E-state index contributed by atoms with van der Waals surface area (Å²) >= 11 is 0. The summed E-state index contributed by atoms with van der Waals surface area (Å²) in [6.45, 7) is 10.7. The summed E-state index contributed by atoms with van der Waals surface area (Å²) in [5.74, 6) is 0. The van der Waals surface area contributed by atoms with E-state index in [0.29, 0.717) is 6.54 Å². The molecule has 1 heterocycles. The molecule has 0 aromatic rings. The van der Waals surface area contributed by atoms with E-state index in [9.17, 15) is 8.42 Å². The first-order chi connectivity index (χ1) is 7.07. The van der Waals surface area contributed by atoms with Crippen LogP contribution in [-0.4, -0.2) is 54.6 Å². The van der Waals surface area contributed by atoms with Crippen molar-refractivity contribution in [3.8, 4) is 0 Å². The lowest BCUT2D eigenvalue weighted by Crippen LogP contribution is -2.59.